The molecule has 1 N–H and O–H groups in total. The van der Waals surface area contributed by atoms with Crippen molar-refractivity contribution in [3.8, 4) is 11.5 Å². The summed E-state index contributed by atoms with van der Waals surface area (Å²) in [6.07, 6.45) is 0. The SMILES string of the molecule is O=C(Nc1ccccc1)c1ccc2nc(N3CCN(Cc4ccc5c(c4)OCO5)CC3)sc2c1. The van der Waals surface area contributed by atoms with E-state index in [1.54, 1.807) is 11.3 Å². The molecule has 0 saturated carbocycles. The number of piperazine rings is 1. The third kappa shape index (κ3) is 4.30. The molecule has 172 valence electrons. The number of carbonyl (C=O) groups excluding carboxylic acids is 1. The highest BCUT2D eigenvalue weighted by Crippen LogP contribution is 2.33. The van der Waals surface area contributed by atoms with Crippen LogP contribution in [0.1, 0.15) is 15.9 Å². The maximum atomic E-state index is 12.7. The van der Waals surface area contributed by atoms with Gasteiger partial charge >= 0.3 is 0 Å². The van der Waals surface area contributed by atoms with Crippen LogP contribution in [0.2, 0.25) is 0 Å². The van der Waals surface area contributed by atoms with E-state index in [2.05, 4.69) is 27.2 Å². The van der Waals surface area contributed by atoms with E-state index >= 15 is 0 Å². The molecule has 0 bridgehead atoms. The molecule has 2 aliphatic heterocycles. The Labute approximate surface area is 201 Å². The molecule has 1 saturated heterocycles. The largest absolute Gasteiger partial charge is 0.454 e. The maximum Gasteiger partial charge on any atom is 0.255 e. The third-order valence-electron chi connectivity index (χ3n) is 6.16. The molecule has 3 aromatic carbocycles. The molecular formula is C26H24N4O3S. The fourth-order valence-corrected chi connectivity index (χ4v) is 5.36. The average molecular weight is 473 g/mol. The summed E-state index contributed by atoms with van der Waals surface area (Å²) in [6, 6.07) is 21.4. The van der Waals surface area contributed by atoms with Crippen molar-refractivity contribution < 1.29 is 14.3 Å². The lowest BCUT2D eigenvalue weighted by Gasteiger charge is -2.34. The van der Waals surface area contributed by atoms with Gasteiger partial charge in [0.05, 0.1) is 10.2 Å². The molecule has 0 aliphatic carbocycles. The van der Waals surface area contributed by atoms with Crippen molar-refractivity contribution in [2.45, 2.75) is 6.54 Å². The van der Waals surface area contributed by atoms with Gasteiger partial charge in [-0.25, -0.2) is 4.98 Å². The van der Waals surface area contributed by atoms with Gasteiger partial charge in [0.15, 0.2) is 16.6 Å². The summed E-state index contributed by atoms with van der Waals surface area (Å²) in [7, 11) is 0. The van der Waals surface area contributed by atoms with Gasteiger partial charge in [0, 0.05) is 44.0 Å². The molecule has 1 aromatic heterocycles. The summed E-state index contributed by atoms with van der Waals surface area (Å²) in [5, 5.41) is 3.96. The zero-order chi connectivity index (χ0) is 22.9. The predicted octanol–water partition coefficient (Wildman–Crippen LogP) is 4.60. The molecule has 0 unspecified atom stereocenters. The van der Waals surface area contributed by atoms with E-state index < -0.39 is 0 Å². The maximum absolute atomic E-state index is 12.7. The molecule has 7 nitrogen and oxygen atoms in total. The lowest BCUT2D eigenvalue weighted by Crippen LogP contribution is -2.45. The molecule has 4 aromatic rings. The molecule has 2 aliphatic rings. The van der Waals surface area contributed by atoms with Crippen LogP contribution in [0.4, 0.5) is 10.8 Å². The van der Waals surface area contributed by atoms with Crippen LogP contribution in [0.5, 0.6) is 11.5 Å². The van der Waals surface area contributed by atoms with E-state index in [4.69, 9.17) is 14.5 Å². The van der Waals surface area contributed by atoms with Crippen molar-refractivity contribution in [1.29, 1.82) is 0 Å². The number of nitrogens with zero attached hydrogens (tertiary/aromatic N) is 3. The Morgan fingerprint density at radius 3 is 2.62 bits per heavy atom. The summed E-state index contributed by atoms with van der Waals surface area (Å²) >= 11 is 1.65. The Hall–Kier alpha value is -3.62. The number of rotatable bonds is 5. The zero-order valence-corrected chi connectivity index (χ0v) is 19.4. The van der Waals surface area contributed by atoms with Crippen LogP contribution in [0.3, 0.4) is 0 Å². The van der Waals surface area contributed by atoms with Crippen LogP contribution < -0.4 is 19.7 Å². The number of nitrogens with one attached hydrogen (secondary N) is 1. The summed E-state index contributed by atoms with van der Waals surface area (Å²) in [4.78, 5) is 22.3. The molecule has 8 heteroatoms. The van der Waals surface area contributed by atoms with E-state index in [0.29, 0.717) is 12.4 Å². The van der Waals surface area contributed by atoms with Gasteiger partial charge in [-0.15, -0.1) is 0 Å². The van der Waals surface area contributed by atoms with E-state index in [9.17, 15) is 4.79 Å². The van der Waals surface area contributed by atoms with Crippen LogP contribution in [0.15, 0.2) is 66.7 Å². The molecule has 34 heavy (non-hydrogen) atoms. The quantitative estimate of drug-likeness (QED) is 0.458. The lowest BCUT2D eigenvalue weighted by molar-refractivity contribution is 0.102. The van der Waals surface area contributed by atoms with Gasteiger partial charge in [-0.05, 0) is 48.0 Å². The summed E-state index contributed by atoms with van der Waals surface area (Å²) < 4.78 is 11.9. The number of fused-ring (bicyclic) bond motifs is 2. The number of carbonyl (C=O) groups is 1. The fourth-order valence-electron chi connectivity index (χ4n) is 4.31. The monoisotopic (exact) mass is 472 g/mol. The highest BCUT2D eigenvalue weighted by atomic mass is 32.1. The van der Waals surface area contributed by atoms with Gasteiger partial charge in [-0.1, -0.05) is 35.6 Å². The number of amides is 1. The Balaban J connectivity index is 1.10. The molecule has 0 radical (unpaired) electrons. The van der Waals surface area contributed by atoms with Crippen LogP contribution in [0, 0.1) is 0 Å². The Morgan fingerprint density at radius 1 is 0.941 bits per heavy atom. The number of hydrogen-bond acceptors (Lipinski definition) is 7. The summed E-state index contributed by atoms with van der Waals surface area (Å²) in [5.41, 5.74) is 3.59. The number of thiazole rings is 1. The summed E-state index contributed by atoms with van der Waals surface area (Å²) in [5.74, 6) is 1.55. The van der Waals surface area contributed by atoms with Gasteiger partial charge in [0.2, 0.25) is 6.79 Å². The number of ether oxygens (including phenoxy) is 2. The van der Waals surface area contributed by atoms with E-state index in [1.165, 1.54) is 5.56 Å². The first-order valence-electron chi connectivity index (χ1n) is 11.3. The fraction of sp³-hybridized carbons (Fsp3) is 0.231. The van der Waals surface area contributed by atoms with Gasteiger partial charge in [-0.3, -0.25) is 9.69 Å². The van der Waals surface area contributed by atoms with Crippen LogP contribution in [-0.4, -0.2) is 48.8 Å². The molecule has 0 spiro atoms. The minimum Gasteiger partial charge on any atom is -0.454 e. The zero-order valence-electron chi connectivity index (χ0n) is 18.6. The third-order valence-corrected chi connectivity index (χ3v) is 7.24. The second-order valence-electron chi connectivity index (χ2n) is 8.45. The number of benzene rings is 3. The van der Waals surface area contributed by atoms with Crippen molar-refractivity contribution in [1.82, 2.24) is 9.88 Å². The van der Waals surface area contributed by atoms with E-state index in [1.807, 2.05) is 54.6 Å². The molecule has 1 amide bonds. The molecular weight excluding hydrogens is 448 g/mol. The number of para-hydroxylation sites is 1. The van der Waals surface area contributed by atoms with Crippen LogP contribution in [0.25, 0.3) is 10.2 Å². The second-order valence-corrected chi connectivity index (χ2v) is 9.46. The van der Waals surface area contributed by atoms with Crippen molar-refractivity contribution in [2.75, 3.05) is 43.2 Å². The number of hydrogen-bond donors (Lipinski definition) is 1. The van der Waals surface area contributed by atoms with Crippen molar-refractivity contribution in [3.63, 3.8) is 0 Å². The van der Waals surface area contributed by atoms with Crippen molar-refractivity contribution in [3.05, 3.63) is 77.9 Å². The number of anilines is 2. The molecule has 6 rings (SSSR count). The topological polar surface area (TPSA) is 66.9 Å². The Morgan fingerprint density at radius 2 is 1.76 bits per heavy atom. The normalized spacial score (nSPS) is 15.6. The predicted molar refractivity (Wildman–Crippen MR) is 134 cm³/mol. The first-order chi connectivity index (χ1) is 16.7. The van der Waals surface area contributed by atoms with Gasteiger partial charge in [0.1, 0.15) is 0 Å². The van der Waals surface area contributed by atoms with Gasteiger partial charge < -0.3 is 19.7 Å². The highest BCUT2D eigenvalue weighted by molar-refractivity contribution is 7.22. The standard InChI is InChI=1S/C26H24N4O3S/c31-25(27-20-4-2-1-3-5-20)19-7-8-21-24(15-19)34-26(28-21)30-12-10-29(11-13-30)16-18-6-9-22-23(14-18)33-17-32-22/h1-9,14-15H,10-13,16-17H2,(H,27,31). The molecule has 3 heterocycles. The smallest absolute Gasteiger partial charge is 0.255 e. The Bertz CT molecular complexity index is 1330. The first-order valence-corrected chi connectivity index (χ1v) is 12.2. The van der Waals surface area contributed by atoms with Crippen LogP contribution >= 0.6 is 11.3 Å². The van der Waals surface area contributed by atoms with Crippen molar-refractivity contribution in [2.24, 2.45) is 0 Å². The molecule has 0 atom stereocenters. The lowest BCUT2D eigenvalue weighted by atomic mass is 10.1. The minimum atomic E-state index is -0.111. The van der Waals surface area contributed by atoms with Gasteiger partial charge in [0.25, 0.3) is 5.91 Å². The highest BCUT2D eigenvalue weighted by Gasteiger charge is 2.21. The van der Waals surface area contributed by atoms with E-state index in [0.717, 1.165) is 65.3 Å². The first kappa shape index (κ1) is 20.9. The van der Waals surface area contributed by atoms with Crippen molar-refractivity contribution >= 4 is 38.3 Å². The van der Waals surface area contributed by atoms with E-state index in [-0.39, 0.29) is 5.91 Å². The Kier molecular flexibility index (Phi) is 5.52. The summed E-state index contributed by atoms with van der Waals surface area (Å²) in [6.45, 7) is 4.98. The molecule has 1 fully saturated rings. The average Bonchev–Trinajstić information content (AvgIpc) is 3.51. The number of aromatic nitrogens is 1. The minimum absolute atomic E-state index is 0.111. The van der Waals surface area contributed by atoms with Crippen LogP contribution in [-0.2, 0) is 6.54 Å². The second kappa shape index (κ2) is 8.96. The van der Waals surface area contributed by atoms with Gasteiger partial charge in [-0.2, -0.15) is 0 Å².